The van der Waals surface area contributed by atoms with Crippen molar-refractivity contribution >= 4 is 17.5 Å². The number of pyridine rings is 1. The molecule has 0 bridgehead atoms. The maximum absolute atomic E-state index is 11.0. The molecule has 110 valence electrons. The summed E-state index contributed by atoms with van der Waals surface area (Å²) < 4.78 is 0. The van der Waals surface area contributed by atoms with Gasteiger partial charge in [-0.3, -0.25) is 19.5 Å². The van der Waals surface area contributed by atoms with Crippen LogP contribution in [0.3, 0.4) is 0 Å². The largest absolute Gasteiger partial charge is 0.385 e. The van der Waals surface area contributed by atoms with Gasteiger partial charge in [0.2, 0.25) is 11.8 Å². The summed E-state index contributed by atoms with van der Waals surface area (Å²) in [4.78, 5) is 27.8. The van der Waals surface area contributed by atoms with Crippen LogP contribution in [0, 0.1) is 0 Å². The number of nitrogens with two attached hydrogens (primary N) is 2. The third-order valence-electron chi connectivity index (χ3n) is 2.54. The van der Waals surface area contributed by atoms with Gasteiger partial charge in [0.25, 0.3) is 0 Å². The first-order valence-corrected chi connectivity index (χ1v) is 6.49. The molecule has 0 saturated carbocycles. The molecule has 0 saturated heterocycles. The fourth-order valence-corrected chi connectivity index (χ4v) is 1.78. The first-order valence-electron chi connectivity index (χ1n) is 6.49. The summed E-state index contributed by atoms with van der Waals surface area (Å²) in [6, 6.07) is 3.75. The summed E-state index contributed by atoms with van der Waals surface area (Å²) in [5.41, 5.74) is 12.0. The van der Waals surface area contributed by atoms with E-state index in [0.29, 0.717) is 6.54 Å². The zero-order valence-corrected chi connectivity index (χ0v) is 11.6. The number of hydrogen-bond acceptors (Lipinski definition) is 5. The zero-order chi connectivity index (χ0) is 15.0. The van der Waals surface area contributed by atoms with Gasteiger partial charge in [-0.05, 0) is 18.6 Å². The smallest absolute Gasteiger partial charge is 0.231 e. The van der Waals surface area contributed by atoms with Crippen LogP contribution in [0.4, 0.5) is 5.69 Å². The van der Waals surface area contributed by atoms with E-state index in [4.69, 9.17) is 11.5 Å². The Labute approximate surface area is 118 Å². The molecule has 1 aromatic heterocycles. The number of amides is 2. The number of carbonyl (C=O) groups is 2. The van der Waals surface area contributed by atoms with Crippen molar-refractivity contribution in [2.24, 2.45) is 11.5 Å². The summed E-state index contributed by atoms with van der Waals surface area (Å²) in [6.45, 7) is 3.23. The fourth-order valence-electron chi connectivity index (χ4n) is 1.78. The molecule has 0 radical (unpaired) electrons. The minimum absolute atomic E-state index is 0.0305. The number of rotatable bonds is 9. The minimum Gasteiger partial charge on any atom is -0.385 e. The zero-order valence-electron chi connectivity index (χ0n) is 11.6. The molecule has 7 heteroatoms. The third-order valence-corrected chi connectivity index (χ3v) is 2.54. The summed E-state index contributed by atoms with van der Waals surface area (Å²) in [7, 11) is 0. The molecular weight excluding hydrogens is 258 g/mol. The second kappa shape index (κ2) is 8.11. The molecule has 1 heterocycles. The highest BCUT2D eigenvalue weighted by molar-refractivity contribution is 5.79. The lowest BCUT2D eigenvalue weighted by molar-refractivity contribution is -0.122. The maximum atomic E-state index is 11.0. The van der Waals surface area contributed by atoms with E-state index in [1.807, 2.05) is 12.1 Å². The Morgan fingerprint density at radius 2 is 1.95 bits per heavy atom. The second-order valence-electron chi connectivity index (χ2n) is 4.54. The van der Waals surface area contributed by atoms with Gasteiger partial charge in [-0.1, -0.05) is 6.92 Å². The summed E-state index contributed by atoms with van der Waals surface area (Å²) in [5, 5.41) is 3.25. The van der Waals surface area contributed by atoms with Crippen molar-refractivity contribution in [3.05, 3.63) is 24.0 Å². The Bertz CT molecular complexity index is 448. The van der Waals surface area contributed by atoms with Crippen LogP contribution in [0.25, 0.3) is 0 Å². The quantitative estimate of drug-likeness (QED) is 0.573. The van der Waals surface area contributed by atoms with Gasteiger partial charge in [0.1, 0.15) is 0 Å². The lowest BCUT2D eigenvalue weighted by Crippen LogP contribution is -2.39. The van der Waals surface area contributed by atoms with Gasteiger partial charge in [0.15, 0.2) is 0 Å². The van der Waals surface area contributed by atoms with Crippen LogP contribution in [-0.2, 0) is 16.1 Å². The SMILES string of the molecule is CCCNc1ccnc(CN(CC(N)=O)CC(N)=O)c1. The van der Waals surface area contributed by atoms with Crippen molar-refractivity contribution in [2.75, 3.05) is 25.0 Å². The fraction of sp³-hybridized carbons (Fsp3) is 0.462. The number of primary amides is 2. The van der Waals surface area contributed by atoms with E-state index in [2.05, 4.69) is 17.2 Å². The molecule has 1 rings (SSSR count). The molecule has 0 unspecified atom stereocenters. The van der Waals surface area contributed by atoms with E-state index < -0.39 is 11.8 Å². The van der Waals surface area contributed by atoms with Crippen LogP contribution in [0.1, 0.15) is 19.0 Å². The second-order valence-corrected chi connectivity index (χ2v) is 4.54. The van der Waals surface area contributed by atoms with Crippen LogP contribution in [0.15, 0.2) is 18.3 Å². The molecule has 0 atom stereocenters. The average Bonchev–Trinajstić information content (AvgIpc) is 2.35. The highest BCUT2D eigenvalue weighted by Crippen LogP contribution is 2.10. The van der Waals surface area contributed by atoms with Crippen LogP contribution in [0.2, 0.25) is 0 Å². The molecule has 20 heavy (non-hydrogen) atoms. The molecule has 0 fully saturated rings. The number of nitrogens with one attached hydrogen (secondary N) is 1. The van der Waals surface area contributed by atoms with Gasteiger partial charge in [-0.2, -0.15) is 0 Å². The van der Waals surface area contributed by atoms with Crippen molar-refractivity contribution in [3.8, 4) is 0 Å². The van der Waals surface area contributed by atoms with E-state index >= 15 is 0 Å². The number of nitrogens with zero attached hydrogens (tertiary/aromatic N) is 2. The molecule has 0 aliphatic rings. The first-order chi connectivity index (χ1) is 9.51. The van der Waals surface area contributed by atoms with Crippen molar-refractivity contribution in [2.45, 2.75) is 19.9 Å². The summed E-state index contributed by atoms with van der Waals surface area (Å²) in [6.07, 6.45) is 2.70. The molecule has 0 aliphatic carbocycles. The van der Waals surface area contributed by atoms with Crippen LogP contribution >= 0.6 is 0 Å². The van der Waals surface area contributed by atoms with Crippen LogP contribution in [-0.4, -0.2) is 41.3 Å². The van der Waals surface area contributed by atoms with Crippen molar-refractivity contribution in [3.63, 3.8) is 0 Å². The van der Waals surface area contributed by atoms with E-state index in [1.54, 1.807) is 11.1 Å². The van der Waals surface area contributed by atoms with E-state index in [0.717, 1.165) is 24.3 Å². The van der Waals surface area contributed by atoms with Crippen molar-refractivity contribution in [1.29, 1.82) is 0 Å². The lowest BCUT2D eigenvalue weighted by Gasteiger charge is -2.18. The van der Waals surface area contributed by atoms with Crippen LogP contribution in [0.5, 0.6) is 0 Å². The molecule has 0 spiro atoms. The van der Waals surface area contributed by atoms with Gasteiger partial charge in [-0.15, -0.1) is 0 Å². The topological polar surface area (TPSA) is 114 Å². The summed E-state index contributed by atoms with van der Waals surface area (Å²) >= 11 is 0. The Morgan fingerprint density at radius 3 is 2.50 bits per heavy atom. The maximum Gasteiger partial charge on any atom is 0.231 e. The number of hydrogen-bond donors (Lipinski definition) is 3. The lowest BCUT2D eigenvalue weighted by atomic mass is 10.2. The third kappa shape index (κ3) is 6.14. The Balaban J connectivity index is 2.71. The van der Waals surface area contributed by atoms with Crippen molar-refractivity contribution in [1.82, 2.24) is 9.88 Å². The van der Waals surface area contributed by atoms with Gasteiger partial charge < -0.3 is 16.8 Å². The molecule has 0 aliphatic heterocycles. The minimum atomic E-state index is -0.508. The predicted molar refractivity (Wildman–Crippen MR) is 76.7 cm³/mol. The normalized spacial score (nSPS) is 10.5. The molecule has 7 nitrogen and oxygen atoms in total. The van der Waals surface area contributed by atoms with Crippen molar-refractivity contribution < 1.29 is 9.59 Å². The van der Waals surface area contributed by atoms with Gasteiger partial charge in [0, 0.05) is 25.0 Å². The number of aromatic nitrogens is 1. The van der Waals surface area contributed by atoms with E-state index in [-0.39, 0.29) is 13.1 Å². The van der Waals surface area contributed by atoms with E-state index in [1.165, 1.54) is 0 Å². The Hall–Kier alpha value is -2.15. The summed E-state index contributed by atoms with van der Waals surface area (Å²) in [5.74, 6) is -1.02. The average molecular weight is 279 g/mol. The standard InChI is InChI=1S/C13H21N5O2/c1-2-4-16-10-3-5-17-11(6-10)7-18(8-12(14)19)9-13(15)20/h3,5-6H,2,4,7-9H2,1H3,(H2,14,19)(H2,15,20)(H,16,17). The molecule has 5 N–H and O–H groups in total. The van der Waals surface area contributed by atoms with E-state index in [9.17, 15) is 9.59 Å². The molecular formula is C13H21N5O2. The Morgan fingerprint density at radius 1 is 1.30 bits per heavy atom. The monoisotopic (exact) mass is 279 g/mol. The number of anilines is 1. The highest BCUT2D eigenvalue weighted by atomic mass is 16.2. The highest BCUT2D eigenvalue weighted by Gasteiger charge is 2.12. The predicted octanol–water partition coefficient (Wildman–Crippen LogP) is -0.324. The Kier molecular flexibility index (Phi) is 6.45. The van der Waals surface area contributed by atoms with Gasteiger partial charge in [-0.25, -0.2) is 0 Å². The number of carbonyl (C=O) groups excluding carboxylic acids is 2. The van der Waals surface area contributed by atoms with Gasteiger partial charge in [0.05, 0.1) is 18.8 Å². The van der Waals surface area contributed by atoms with Crippen LogP contribution < -0.4 is 16.8 Å². The molecule has 2 amide bonds. The van der Waals surface area contributed by atoms with Gasteiger partial charge >= 0.3 is 0 Å². The first kappa shape index (κ1) is 15.9. The molecule has 1 aromatic rings. The molecule has 0 aromatic carbocycles.